The van der Waals surface area contributed by atoms with Crippen LogP contribution < -0.4 is 4.74 Å². The first-order valence-electron chi connectivity index (χ1n) is 6.46. The van der Waals surface area contributed by atoms with Crippen LogP contribution in [-0.4, -0.2) is 30.2 Å². The Kier molecular flexibility index (Phi) is 3.94. The molecule has 20 heavy (non-hydrogen) atoms. The molecule has 0 spiro atoms. The van der Waals surface area contributed by atoms with Gasteiger partial charge in [-0.3, -0.25) is 0 Å². The second-order valence-corrected chi connectivity index (χ2v) is 6.50. The van der Waals surface area contributed by atoms with Gasteiger partial charge in [0.1, 0.15) is 5.75 Å². The van der Waals surface area contributed by atoms with E-state index in [1.165, 1.54) is 22.4 Å². The third kappa shape index (κ3) is 2.54. The number of benzene rings is 1. The smallest absolute Gasteiger partial charge is 0.420 e. The van der Waals surface area contributed by atoms with E-state index in [1.54, 1.807) is 4.31 Å². The van der Waals surface area contributed by atoms with Gasteiger partial charge in [-0.2, -0.15) is 0 Å². The van der Waals surface area contributed by atoms with Crippen LogP contribution in [0.3, 0.4) is 0 Å². The number of carbonyl (C=O) groups excluding carboxylic acids is 1. The second kappa shape index (κ2) is 5.69. The molecule has 0 bridgehead atoms. The van der Waals surface area contributed by atoms with Crippen molar-refractivity contribution in [3.05, 3.63) is 33.1 Å². The Balaban J connectivity index is 1.90. The molecule has 0 aliphatic carbocycles. The van der Waals surface area contributed by atoms with Crippen LogP contribution in [0.15, 0.2) is 27.6 Å². The van der Waals surface area contributed by atoms with Gasteiger partial charge in [-0.15, -0.1) is 0 Å². The van der Waals surface area contributed by atoms with Crippen LogP contribution in [0.4, 0.5) is 4.79 Å². The highest BCUT2D eigenvalue weighted by atomic mass is 79.9. The van der Waals surface area contributed by atoms with E-state index in [9.17, 15) is 4.79 Å². The molecule has 0 aromatic heterocycles. The molecule has 3 rings (SSSR count). The van der Waals surface area contributed by atoms with Gasteiger partial charge in [0.05, 0.1) is 19.8 Å². The molecular formula is C14H14BrNO3S. The van der Waals surface area contributed by atoms with Crippen molar-refractivity contribution < 1.29 is 14.3 Å². The van der Waals surface area contributed by atoms with Crippen molar-refractivity contribution >= 4 is 39.5 Å². The van der Waals surface area contributed by atoms with E-state index < -0.39 is 0 Å². The summed E-state index contributed by atoms with van der Waals surface area (Å²) in [5, 5.41) is 0. The average Bonchev–Trinajstić information content (AvgIpc) is 2.77. The van der Waals surface area contributed by atoms with Crippen LogP contribution in [0.5, 0.6) is 5.75 Å². The Morgan fingerprint density at radius 1 is 1.55 bits per heavy atom. The predicted octanol–water partition coefficient (Wildman–Crippen LogP) is 4.06. The third-order valence-electron chi connectivity index (χ3n) is 3.19. The summed E-state index contributed by atoms with van der Waals surface area (Å²) in [6.07, 6.45) is 0.549. The van der Waals surface area contributed by atoms with Gasteiger partial charge in [0.25, 0.3) is 0 Å². The molecule has 2 heterocycles. The summed E-state index contributed by atoms with van der Waals surface area (Å²) >= 11 is 4.93. The van der Waals surface area contributed by atoms with Gasteiger partial charge in [0, 0.05) is 21.4 Å². The molecule has 6 heteroatoms. The number of fused-ring (bicyclic) bond motifs is 2. The number of halogens is 1. The molecule has 1 amide bonds. The topological polar surface area (TPSA) is 38.8 Å². The minimum atomic E-state index is -0.273. The SMILES string of the molecule is CCOC(=O)N1CC2=C(CCOc3cc(Br)ccc32)S1. The molecule has 1 aromatic rings. The van der Waals surface area contributed by atoms with Gasteiger partial charge < -0.3 is 9.47 Å². The maximum atomic E-state index is 11.9. The largest absolute Gasteiger partial charge is 0.493 e. The van der Waals surface area contributed by atoms with Crippen molar-refractivity contribution in [2.75, 3.05) is 19.8 Å². The molecule has 2 aliphatic rings. The third-order valence-corrected chi connectivity index (χ3v) is 4.85. The van der Waals surface area contributed by atoms with E-state index >= 15 is 0 Å². The molecular weight excluding hydrogens is 342 g/mol. The van der Waals surface area contributed by atoms with Gasteiger partial charge in [0.2, 0.25) is 0 Å². The van der Waals surface area contributed by atoms with Crippen molar-refractivity contribution in [1.82, 2.24) is 4.31 Å². The van der Waals surface area contributed by atoms with Gasteiger partial charge in [-0.1, -0.05) is 15.9 Å². The van der Waals surface area contributed by atoms with E-state index in [-0.39, 0.29) is 6.09 Å². The Hall–Kier alpha value is -1.14. The van der Waals surface area contributed by atoms with E-state index in [4.69, 9.17) is 9.47 Å². The zero-order chi connectivity index (χ0) is 14.1. The fourth-order valence-electron chi connectivity index (χ4n) is 2.30. The molecule has 0 atom stereocenters. The summed E-state index contributed by atoms with van der Waals surface area (Å²) in [5.74, 6) is 0.871. The lowest BCUT2D eigenvalue weighted by Crippen LogP contribution is -2.23. The van der Waals surface area contributed by atoms with Crippen LogP contribution in [0, 0.1) is 0 Å². The number of hydrogen-bond donors (Lipinski definition) is 0. The molecule has 106 valence electrons. The number of nitrogens with zero attached hydrogens (tertiary/aromatic N) is 1. The average molecular weight is 356 g/mol. The molecule has 0 unspecified atom stereocenters. The number of ether oxygens (including phenoxy) is 2. The maximum Gasteiger partial charge on any atom is 0.420 e. The van der Waals surface area contributed by atoms with Gasteiger partial charge in [-0.25, -0.2) is 9.10 Å². The Labute approximate surface area is 130 Å². The molecule has 2 aliphatic heterocycles. The van der Waals surface area contributed by atoms with E-state index in [0.717, 1.165) is 22.2 Å². The molecule has 0 fully saturated rings. The van der Waals surface area contributed by atoms with Crippen LogP contribution in [0.1, 0.15) is 18.9 Å². The van der Waals surface area contributed by atoms with Crippen molar-refractivity contribution in [2.24, 2.45) is 0 Å². The number of rotatable bonds is 1. The second-order valence-electron chi connectivity index (χ2n) is 4.47. The first kappa shape index (κ1) is 13.8. The first-order valence-corrected chi connectivity index (χ1v) is 8.02. The monoisotopic (exact) mass is 355 g/mol. The Morgan fingerprint density at radius 2 is 2.40 bits per heavy atom. The minimum Gasteiger partial charge on any atom is -0.493 e. The number of amides is 1. The summed E-state index contributed by atoms with van der Waals surface area (Å²) < 4.78 is 13.5. The predicted molar refractivity (Wildman–Crippen MR) is 82.5 cm³/mol. The van der Waals surface area contributed by atoms with E-state index in [1.807, 2.05) is 25.1 Å². The zero-order valence-corrected chi connectivity index (χ0v) is 13.4. The van der Waals surface area contributed by atoms with Crippen LogP contribution in [0.2, 0.25) is 0 Å². The Morgan fingerprint density at radius 3 is 3.20 bits per heavy atom. The van der Waals surface area contributed by atoms with Crippen LogP contribution in [-0.2, 0) is 4.74 Å². The van der Waals surface area contributed by atoms with Crippen LogP contribution >= 0.6 is 27.9 Å². The van der Waals surface area contributed by atoms with E-state index in [0.29, 0.717) is 19.8 Å². The lowest BCUT2D eigenvalue weighted by Gasteiger charge is -2.16. The molecule has 0 N–H and O–H groups in total. The van der Waals surface area contributed by atoms with Crippen LogP contribution in [0.25, 0.3) is 5.57 Å². The van der Waals surface area contributed by atoms with Gasteiger partial charge in [-0.05, 0) is 42.6 Å². The fourth-order valence-corrected chi connectivity index (χ4v) is 3.69. The normalized spacial score (nSPS) is 17.2. The fraction of sp³-hybridized carbons (Fsp3) is 0.357. The zero-order valence-electron chi connectivity index (χ0n) is 11.0. The van der Waals surface area contributed by atoms with E-state index in [2.05, 4.69) is 15.9 Å². The van der Waals surface area contributed by atoms with Gasteiger partial charge in [0.15, 0.2) is 0 Å². The van der Waals surface area contributed by atoms with Crippen molar-refractivity contribution in [1.29, 1.82) is 0 Å². The van der Waals surface area contributed by atoms with Gasteiger partial charge >= 0.3 is 6.09 Å². The summed E-state index contributed by atoms with van der Waals surface area (Å²) in [5.41, 5.74) is 2.24. The summed E-state index contributed by atoms with van der Waals surface area (Å²) in [4.78, 5) is 13.1. The highest BCUT2D eigenvalue weighted by molar-refractivity contribution is 9.10. The summed E-state index contributed by atoms with van der Waals surface area (Å²) in [6.45, 7) is 3.41. The van der Waals surface area contributed by atoms with Crippen molar-refractivity contribution in [3.63, 3.8) is 0 Å². The highest BCUT2D eigenvalue weighted by Crippen LogP contribution is 2.45. The molecule has 0 saturated carbocycles. The number of hydrogen-bond acceptors (Lipinski definition) is 4. The van der Waals surface area contributed by atoms with Crippen molar-refractivity contribution in [2.45, 2.75) is 13.3 Å². The first-order chi connectivity index (χ1) is 9.69. The number of carbonyl (C=O) groups is 1. The summed E-state index contributed by atoms with van der Waals surface area (Å²) in [6, 6.07) is 6.01. The molecule has 0 radical (unpaired) electrons. The maximum absolute atomic E-state index is 11.9. The lowest BCUT2D eigenvalue weighted by molar-refractivity contribution is 0.137. The van der Waals surface area contributed by atoms with Crippen molar-refractivity contribution in [3.8, 4) is 5.75 Å². The minimum absolute atomic E-state index is 0.273. The molecule has 1 aromatic carbocycles. The molecule has 4 nitrogen and oxygen atoms in total. The lowest BCUT2D eigenvalue weighted by atomic mass is 10.0. The Bertz CT molecular complexity index is 588. The standard InChI is InChI=1S/C14H14BrNO3S/c1-2-18-14(17)16-8-11-10-4-3-9(15)7-12(10)19-6-5-13(11)20-16/h3-4,7H,2,5-6,8H2,1H3. The summed E-state index contributed by atoms with van der Waals surface area (Å²) in [7, 11) is 0. The highest BCUT2D eigenvalue weighted by Gasteiger charge is 2.31. The quantitative estimate of drug-likeness (QED) is 0.712. The molecule has 0 saturated heterocycles.